The fourth-order valence-electron chi connectivity index (χ4n) is 5.45. The molecular formula is C59H124S. The lowest BCUT2D eigenvalue weighted by molar-refractivity contribution is 0.532. The molecule has 0 fully saturated rings. The van der Waals surface area contributed by atoms with E-state index >= 15 is 0 Å². The lowest BCUT2D eigenvalue weighted by atomic mass is 10.0. The van der Waals surface area contributed by atoms with Gasteiger partial charge in [-0.2, -0.15) is 0 Å². The third kappa shape index (κ3) is 146. The van der Waals surface area contributed by atoms with E-state index in [1.54, 1.807) is 12.3 Å². The molecule has 0 nitrogen and oxygen atoms in total. The van der Waals surface area contributed by atoms with E-state index in [0.717, 1.165) is 5.92 Å². The Hall–Kier alpha value is -1.13. The van der Waals surface area contributed by atoms with Gasteiger partial charge in [0.25, 0.3) is 0 Å². The van der Waals surface area contributed by atoms with Crippen LogP contribution in [-0.2, 0) is 0 Å². The highest BCUT2D eigenvalue weighted by molar-refractivity contribution is 7.78. The van der Waals surface area contributed by atoms with Crippen LogP contribution in [0.1, 0.15) is 322 Å². The maximum Gasteiger partial charge on any atom is -0.00297 e. The van der Waals surface area contributed by atoms with E-state index in [0.29, 0.717) is 0 Å². The first-order chi connectivity index (χ1) is 29.2. The second-order valence-electron chi connectivity index (χ2n) is 15.7. The van der Waals surface area contributed by atoms with Gasteiger partial charge in [-0.1, -0.05) is 299 Å². The number of thiocarbonyl (C=S) groups is 1. The molecular weight excluding hydrogens is 741 g/mol. The summed E-state index contributed by atoms with van der Waals surface area (Å²) in [6.07, 6.45) is 56.5. The fourth-order valence-corrected chi connectivity index (χ4v) is 5.45. The quantitative estimate of drug-likeness (QED) is 0.0269. The topological polar surface area (TPSA) is 0 Å². The highest BCUT2D eigenvalue weighted by atomic mass is 32.1. The number of unbranched alkanes of at least 4 members (excludes halogenated alkanes) is 29. The molecule has 0 saturated carbocycles. The number of allylic oxidation sites excluding steroid dienone is 3. The Morgan fingerprint density at radius 3 is 0.833 bits per heavy atom. The molecule has 1 heteroatoms. The molecule has 0 N–H and O–H groups in total. The van der Waals surface area contributed by atoms with E-state index in [1.165, 1.54) is 224 Å². The van der Waals surface area contributed by atoms with Gasteiger partial charge in [-0.3, -0.25) is 0 Å². The van der Waals surface area contributed by atoms with Crippen molar-refractivity contribution >= 4 is 17.6 Å². The Morgan fingerprint density at radius 1 is 0.483 bits per heavy atom. The van der Waals surface area contributed by atoms with Gasteiger partial charge >= 0.3 is 0 Å². The van der Waals surface area contributed by atoms with Crippen molar-refractivity contribution < 1.29 is 0 Å². The number of hydrogen-bond donors (Lipinski definition) is 0. The highest BCUT2D eigenvalue weighted by Gasteiger charge is 1.95. The lowest BCUT2D eigenvalue weighted by Gasteiger charge is -2.03. The van der Waals surface area contributed by atoms with E-state index in [2.05, 4.69) is 92.8 Å². The van der Waals surface area contributed by atoms with Crippen molar-refractivity contribution in [2.75, 3.05) is 0 Å². The van der Waals surface area contributed by atoms with Gasteiger partial charge in [0.15, 0.2) is 0 Å². The van der Waals surface area contributed by atoms with Crippen LogP contribution >= 0.6 is 12.2 Å². The zero-order valence-electron chi connectivity index (χ0n) is 45.5. The number of hydrogen-bond acceptors (Lipinski definition) is 1. The van der Waals surface area contributed by atoms with Crippen LogP contribution in [0.5, 0.6) is 0 Å². The van der Waals surface area contributed by atoms with Gasteiger partial charge in [0.1, 0.15) is 0 Å². The molecule has 0 aromatic heterocycles. The summed E-state index contributed by atoms with van der Waals surface area (Å²) in [7, 11) is 0. The minimum atomic E-state index is 0.884. The third-order valence-corrected chi connectivity index (χ3v) is 9.30. The van der Waals surface area contributed by atoms with Crippen molar-refractivity contribution in [3.8, 4) is 12.3 Å². The van der Waals surface area contributed by atoms with Crippen LogP contribution < -0.4 is 0 Å². The van der Waals surface area contributed by atoms with Crippen LogP contribution in [0, 0.1) is 18.3 Å². The molecule has 0 atom stereocenters. The van der Waals surface area contributed by atoms with Crippen molar-refractivity contribution in [1.82, 2.24) is 0 Å². The van der Waals surface area contributed by atoms with Gasteiger partial charge in [-0.25, -0.2) is 0 Å². The Kier molecular flexibility index (Phi) is 135. The van der Waals surface area contributed by atoms with E-state index in [1.807, 2.05) is 60.6 Å². The van der Waals surface area contributed by atoms with Gasteiger partial charge in [0.2, 0.25) is 0 Å². The smallest absolute Gasteiger partial charge is 0.00297 e. The number of rotatable bonds is 34. The second-order valence-corrected chi connectivity index (χ2v) is 16.2. The maximum atomic E-state index is 4.60. The Balaban J connectivity index is -0.0000000826. The first-order valence-corrected chi connectivity index (χ1v) is 27.3. The average molecular weight is 866 g/mol. The minimum Gasteiger partial charge on any atom is -0.120 e. The molecule has 0 heterocycles. The molecule has 0 amide bonds. The first kappa shape index (κ1) is 79.3. The molecule has 0 aliphatic carbocycles. The van der Waals surface area contributed by atoms with Crippen molar-refractivity contribution in [1.29, 1.82) is 0 Å². The summed E-state index contributed by atoms with van der Waals surface area (Å²) in [4.78, 5) is 0. The Labute approximate surface area is 393 Å². The largest absolute Gasteiger partial charge is 0.120 e. The summed E-state index contributed by atoms with van der Waals surface area (Å²) in [6.45, 7) is 42.3. The van der Waals surface area contributed by atoms with Crippen LogP contribution in [-0.4, -0.2) is 5.37 Å². The van der Waals surface area contributed by atoms with E-state index < -0.39 is 0 Å². The second kappa shape index (κ2) is 102. The normalized spacial score (nSPS) is 8.92. The fraction of sp³-hybridized carbons (Fsp3) is 0.847. The maximum absolute atomic E-state index is 4.60. The minimum absolute atomic E-state index is 0.884. The first-order valence-electron chi connectivity index (χ1n) is 26.8. The van der Waals surface area contributed by atoms with E-state index in [9.17, 15) is 0 Å². The summed E-state index contributed by atoms with van der Waals surface area (Å²) in [6, 6.07) is 0. The summed E-state index contributed by atoms with van der Waals surface area (Å²) in [5.74, 6) is 3.13. The zero-order chi connectivity index (χ0) is 48.0. The van der Waals surface area contributed by atoms with Crippen molar-refractivity contribution in [2.24, 2.45) is 5.92 Å². The average Bonchev–Trinajstić information content (AvgIpc) is 3.26. The van der Waals surface area contributed by atoms with Crippen LogP contribution in [0.2, 0.25) is 0 Å². The molecule has 0 aromatic carbocycles. The molecule has 366 valence electrons. The lowest BCUT2D eigenvalue weighted by Crippen LogP contribution is -1.83. The van der Waals surface area contributed by atoms with Crippen molar-refractivity contribution in [3.63, 3.8) is 0 Å². The standard InChI is InChI=1S/C20H40.C17H34.C6H12.C5H12.C3H4.C2H4S.3C2H6/c1-4-5-6-7-8-9-10-11-12-13-14-15-16-17-18-19-20(2)3;1-3-5-7-9-11-13-15-17-16-14-12-10-8-6-4-2;1-3-5-6-4-2;1-4-5(2)3;1-3-2;1-2-3;3*1-2/h2,4-19H2,1,3H3;3H,1,4-17H2,2H3;3H,1,4-6H2,2H3;5H,4H2,1-3H3;1H,2H3;2H,1H3;3*1-2H3. The molecule has 0 bridgehead atoms. The van der Waals surface area contributed by atoms with Crippen LogP contribution in [0.25, 0.3) is 0 Å². The molecule has 0 aromatic rings. The summed E-state index contributed by atoms with van der Waals surface area (Å²) in [5.41, 5.74) is 1.35. The molecule has 0 aliphatic rings. The van der Waals surface area contributed by atoms with Gasteiger partial charge in [0.05, 0.1) is 0 Å². The van der Waals surface area contributed by atoms with E-state index in [4.69, 9.17) is 0 Å². The molecule has 0 unspecified atom stereocenters. The predicted octanol–water partition coefficient (Wildman–Crippen LogP) is 23.6. The monoisotopic (exact) mass is 865 g/mol. The van der Waals surface area contributed by atoms with Gasteiger partial charge < -0.3 is 0 Å². The molecule has 0 rings (SSSR count). The SMILES string of the molecule is C#CC.C=C(C)CCCCCCCCCCCCCCCCC.C=CCCCC.C=CCCCCCCCCCCCCCCC.CC.CC.CC.CC=S.CCC(C)C. The summed E-state index contributed by atoms with van der Waals surface area (Å²) >= 11 is 4.27. The van der Waals surface area contributed by atoms with Crippen molar-refractivity contribution in [3.05, 3.63) is 37.5 Å². The summed E-state index contributed by atoms with van der Waals surface area (Å²) < 4.78 is 0. The zero-order valence-corrected chi connectivity index (χ0v) is 46.3. The molecule has 0 aliphatic heterocycles. The molecule has 0 spiro atoms. The highest BCUT2D eigenvalue weighted by Crippen LogP contribution is 2.15. The van der Waals surface area contributed by atoms with Crippen LogP contribution in [0.3, 0.4) is 0 Å². The van der Waals surface area contributed by atoms with Crippen LogP contribution in [0.15, 0.2) is 37.5 Å². The van der Waals surface area contributed by atoms with Crippen LogP contribution in [0.4, 0.5) is 0 Å². The molecule has 0 saturated heterocycles. The van der Waals surface area contributed by atoms with Gasteiger partial charge in [-0.05, 0) is 64.2 Å². The Bertz CT molecular complexity index is 665. The van der Waals surface area contributed by atoms with Gasteiger partial charge in [0, 0.05) is 0 Å². The van der Waals surface area contributed by atoms with Crippen molar-refractivity contribution in [2.45, 2.75) is 322 Å². The Morgan fingerprint density at radius 2 is 0.667 bits per heavy atom. The van der Waals surface area contributed by atoms with Gasteiger partial charge in [-0.15, -0.1) is 32.1 Å². The van der Waals surface area contributed by atoms with E-state index in [-0.39, 0.29) is 0 Å². The number of terminal acetylenes is 1. The third-order valence-electron chi connectivity index (χ3n) is 9.30. The predicted molar refractivity (Wildman–Crippen MR) is 298 cm³/mol. The summed E-state index contributed by atoms with van der Waals surface area (Å²) in [5, 5.41) is 1.58. The molecule has 0 radical (unpaired) electrons. The molecule has 60 heavy (non-hydrogen) atoms.